The van der Waals surface area contributed by atoms with E-state index in [1.165, 1.54) is 6.07 Å². The van der Waals surface area contributed by atoms with E-state index in [0.29, 0.717) is 0 Å². The van der Waals surface area contributed by atoms with Crippen molar-refractivity contribution in [1.82, 2.24) is 4.72 Å². The van der Waals surface area contributed by atoms with Gasteiger partial charge in [0.05, 0.1) is 17.8 Å². The van der Waals surface area contributed by atoms with Crippen LogP contribution in [0.15, 0.2) is 18.2 Å². The van der Waals surface area contributed by atoms with Gasteiger partial charge in [0.15, 0.2) is 0 Å². The summed E-state index contributed by atoms with van der Waals surface area (Å²) in [5.41, 5.74) is 5.68. The number of rotatable bonds is 4. The Morgan fingerprint density at radius 2 is 2.11 bits per heavy atom. The summed E-state index contributed by atoms with van der Waals surface area (Å²) in [5, 5.41) is 0. The van der Waals surface area contributed by atoms with Crippen molar-refractivity contribution in [2.75, 3.05) is 11.3 Å². The number of benzene rings is 1. The van der Waals surface area contributed by atoms with Gasteiger partial charge in [-0.15, -0.1) is 0 Å². The van der Waals surface area contributed by atoms with Crippen molar-refractivity contribution in [3.8, 4) is 11.8 Å². The molecule has 0 aliphatic rings. The van der Waals surface area contributed by atoms with Gasteiger partial charge >= 0.3 is 0 Å². The molecule has 0 unspecified atom stereocenters. The summed E-state index contributed by atoms with van der Waals surface area (Å²) in [6.07, 6.45) is 0. The van der Waals surface area contributed by atoms with E-state index in [2.05, 4.69) is 21.3 Å². The Balaban J connectivity index is 3.07. The van der Waals surface area contributed by atoms with E-state index in [0.717, 1.165) is 12.1 Å². The lowest BCUT2D eigenvalue weighted by atomic mass is 10.2. The smallest absolute Gasteiger partial charge is 0.299 e. The quantitative estimate of drug-likeness (QED) is 0.715. The van der Waals surface area contributed by atoms with E-state index in [-0.39, 0.29) is 23.8 Å². The molecule has 0 aliphatic heterocycles. The highest BCUT2D eigenvalue weighted by Gasteiger charge is 2.13. The Morgan fingerprint density at radius 3 is 2.68 bits per heavy atom. The molecule has 0 saturated heterocycles. The molecule has 7 heteroatoms. The third-order valence-corrected chi connectivity index (χ3v) is 3.21. The second-order valence-corrected chi connectivity index (χ2v) is 5.52. The first-order chi connectivity index (χ1) is 8.84. The minimum absolute atomic E-state index is 0.104. The van der Waals surface area contributed by atoms with Crippen molar-refractivity contribution in [1.29, 1.82) is 0 Å². The molecule has 0 amide bonds. The van der Waals surface area contributed by atoms with Crippen LogP contribution in [0.4, 0.5) is 10.1 Å². The van der Waals surface area contributed by atoms with Gasteiger partial charge < -0.3 is 5.73 Å². The van der Waals surface area contributed by atoms with E-state index in [1.54, 1.807) is 13.8 Å². The largest absolute Gasteiger partial charge is 0.320 e. The molecule has 0 heterocycles. The summed E-state index contributed by atoms with van der Waals surface area (Å²) in [6.45, 7) is 3.49. The number of hydrogen-bond donors (Lipinski definition) is 3. The van der Waals surface area contributed by atoms with Gasteiger partial charge in [0.1, 0.15) is 5.82 Å². The van der Waals surface area contributed by atoms with Crippen molar-refractivity contribution < 1.29 is 12.8 Å². The molecule has 0 spiro atoms. The van der Waals surface area contributed by atoms with E-state index in [4.69, 9.17) is 5.73 Å². The van der Waals surface area contributed by atoms with Crippen LogP contribution in [0.2, 0.25) is 0 Å². The highest BCUT2D eigenvalue weighted by atomic mass is 32.2. The molecule has 4 N–H and O–H groups in total. The molecule has 1 aromatic rings. The molecule has 0 radical (unpaired) electrons. The predicted octanol–water partition coefficient (Wildman–Crippen LogP) is 0.791. The van der Waals surface area contributed by atoms with Crippen molar-refractivity contribution in [2.24, 2.45) is 5.73 Å². The van der Waals surface area contributed by atoms with Crippen LogP contribution >= 0.6 is 0 Å². The fraction of sp³-hybridized carbons (Fsp3) is 0.333. The van der Waals surface area contributed by atoms with Gasteiger partial charge in [-0.2, -0.15) is 13.1 Å². The lowest BCUT2D eigenvalue weighted by Crippen LogP contribution is -2.35. The SMILES string of the molecule is CC(C)NS(=O)(=O)Nc1ccc(F)cc1C#CCN. The third kappa shape index (κ3) is 5.26. The Kier molecular flexibility index (Phi) is 5.30. The highest BCUT2D eigenvalue weighted by Crippen LogP contribution is 2.17. The van der Waals surface area contributed by atoms with Crippen LogP contribution in [0, 0.1) is 17.7 Å². The standard InChI is InChI=1S/C12H16FN3O2S/c1-9(2)15-19(17,18)16-12-6-5-11(13)8-10(12)4-3-7-14/h5-6,8-9,15-16H,7,14H2,1-2H3. The summed E-state index contributed by atoms with van der Waals surface area (Å²) in [6, 6.07) is 3.36. The molecule has 0 aromatic heterocycles. The van der Waals surface area contributed by atoms with Crippen molar-refractivity contribution >= 4 is 15.9 Å². The number of nitrogens with two attached hydrogens (primary N) is 1. The van der Waals surface area contributed by atoms with Gasteiger partial charge in [0.2, 0.25) is 0 Å². The molecule has 0 atom stereocenters. The maximum Gasteiger partial charge on any atom is 0.299 e. The monoisotopic (exact) mass is 285 g/mol. The van der Waals surface area contributed by atoms with E-state index >= 15 is 0 Å². The van der Waals surface area contributed by atoms with E-state index in [9.17, 15) is 12.8 Å². The van der Waals surface area contributed by atoms with Crippen molar-refractivity contribution in [2.45, 2.75) is 19.9 Å². The minimum atomic E-state index is -3.72. The van der Waals surface area contributed by atoms with Crippen LogP contribution in [0.1, 0.15) is 19.4 Å². The second kappa shape index (κ2) is 6.52. The summed E-state index contributed by atoms with van der Waals surface area (Å²) >= 11 is 0. The zero-order valence-corrected chi connectivity index (χ0v) is 11.5. The Hall–Kier alpha value is -1.62. The third-order valence-electron chi connectivity index (χ3n) is 1.94. The molecule has 19 heavy (non-hydrogen) atoms. The fourth-order valence-corrected chi connectivity index (χ4v) is 2.49. The van der Waals surface area contributed by atoms with Crippen LogP contribution in [0.25, 0.3) is 0 Å². The first-order valence-electron chi connectivity index (χ1n) is 5.62. The summed E-state index contributed by atoms with van der Waals surface area (Å²) in [4.78, 5) is 0. The van der Waals surface area contributed by atoms with Gasteiger partial charge in [-0.1, -0.05) is 11.8 Å². The normalized spacial score (nSPS) is 11.0. The number of halogens is 1. The van der Waals surface area contributed by atoms with E-state index in [1.807, 2.05) is 0 Å². The van der Waals surface area contributed by atoms with Crippen molar-refractivity contribution in [3.05, 3.63) is 29.6 Å². The van der Waals surface area contributed by atoms with Crippen LogP contribution in [-0.4, -0.2) is 21.0 Å². The molecule has 104 valence electrons. The Bertz CT molecular complexity index is 603. The lowest BCUT2D eigenvalue weighted by Gasteiger charge is -2.12. The highest BCUT2D eigenvalue weighted by molar-refractivity contribution is 7.90. The topological polar surface area (TPSA) is 84.2 Å². The first-order valence-corrected chi connectivity index (χ1v) is 7.11. The summed E-state index contributed by atoms with van der Waals surface area (Å²) in [5.74, 6) is 4.68. The van der Waals surface area contributed by atoms with Gasteiger partial charge in [0.25, 0.3) is 10.2 Å². The zero-order chi connectivity index (χ0) is 14.5. The van der Waals surface area contributed by atoms with Crippen LogP contribution in [-0.2, 0) is 10.2 Å². The molecule has 1 rings (SSSR count). The second-order valence-electron chi connectivity index (χ2n) is 4.07. The van der Waals surface area contributed by atoms with Gasteiger partial charge in [-0.25, -0.2) is 4.39 Å². The zero-order valence-electron chi connectivity index (χ0n) is 10.7. The van der Waals surface area contributed by atoms with Crippen LogP contribution in [0.3, 0.4) is 0 Å². The molecule has 5 nitrogen and oxygen atoms in total. The molecule has 0 saturated carbocycles. The fourth-order valence-electron chi connectivity index (χ4n) is 1.34. The number of hydrogen-bond acceptors (Lipinski definition) is 3. The summed E-state index contributed by atoms with van der Waals surface area (Å²) < 4.78 is 41.3. The van der Waals surface area contributed by atoms with Gasteiger partial charge in [-0.3, -0.25) is 4.72 Å². The Labute approximate surface area is 112 Å². The maximum absolute atomic E-state index is 13.1. The molecule has 1 aromatic carbocycles. The lowest BCUT2D eigenvalue weighted by molar-refractivity contribution is 0.575. The maximum atomic E-state index is 13.1. The molecule has 0 bridgehead atoms. The van der Waals surface area contributed by atoms with Crippen LogP contribution in [0.5, 0.6) is 0 Å². The average molecular weight is 285 g/mol. The predicted molar refractivity (Wildman–Crippen MR) is 73.1 cm³/mol. The molecule has 0 aliphatic carbocycles. The number of nitrogens with one attached hydrogen (secondary N) is 2. The van der Waals surface area contributed by atoms with Crippen LogP contribution < -0.4 is 15.2 Å². The molecule has 0 fully saturated rings. The molecular formula is C12H16FN3O2S. The van der Waals surface area contributed by atoms with Gasteiger partial charge in [0, 0.05) is 6.04 Å². The van der Waals surface area contributed by atoms with Crippen molar-refractivity contribution in [3.63, 3.8) is 0 Å². The minimum Gasteiger partial charge on any atom is -0.320 e. The van der Waals surface area contributed by atoms with Gasteiger partial charge in [-0.05, 0) is 32.0 Å². The number of anilines is 1. The van der Waals surface area contributed by atoms with E-state index < -0.39 is 16.0 Å². The average Bonchev–Trinajstić information content (AvgIpc) is 2.27. The Morgan fingerprint density at radius 1 is 1.42 bits per heavy atom. The first kappa shape index (κ1) is 15.4. The summed E-state index contributed by atoms with van der Waals surface area (Å²) in [7, 11) is -3.72. The molecular weight excluding hydrogens is 269 g/mol.